The summed E-state index contributed by atoms with van der Waals surface area (Å²) in [6, 6.07) is 5.79. The number of rotatable bonds is 2. The molecule has 0 atom stereocenters. The maximum absolute atomic E-state index is 12.8. The maximum atomic E-state index is 12.8. The number of hydrogen-bond acceptors (Lipinski definition) is 3. The number of methoxy groups -OCH3 is 1. The molecule has 1 N–H and O–H groups in total. The van der Waals surface area contributed by atoms with E-state index in [0.29, 0.717) is 0 Å². The van der Waals surface area contributed by atoms with E-state index in [-0.39, 0.29) is 5.91 Å². The molecule has 0 saturated carbocycles. The molecule has 3 rings (SSSR count). The highest BCUT2D eigenvalue weighted by Gasteiger charge is 2.24. The van der Waals surface area contributed by atoms with Gasteiger partial charge in [-0.3, -0.25) is 4.79 Å². The first-order valence-electron chi connectivity index (χ1n) is 7.24. The van der Waals surface area contributed by atoms with Crippen LogP contribution in [0.2, 0.25) is 0 Å². The van der Waals surface area contributed by atoms with Gasteiger partial charge in [-0.05, 0) is 26.1 Å². The molecule has 5 heteroatoms. The van der Waals surface area contributed by atoms with E-state index in [4.69, 9.17) is 4.74 Å². The van der Waals surface area contributed by atoms with Crippen LogP contribution in [-0.2, 0) is 0 Å². The van der Waals surface area contributed by atoms with E-state index in [9.17, 15) is 4.79 Å². The Morgan fingerprint density at radius 3 is 2.62 bits per heavy atom. The van der Waals surface area contributed by atoms with E-state index < -0.39 is 0 Å². The largest absolute Gasteiger partial charge is 0.497 e. The van der Waals surface area contributed by atoms with Crippen molar-refractivity contribution < 1.29 is 9.53 Å². The van der Waals surface area contributed by atoms with Crippen molar-refractivity contribution in [2.45, 2.75) is 6.92 Å². The molecule has 1 aliphatic rings. The van der Waals surface area contributed by atoms with E-state index in [1.54, 1.807) is 7.11 Å². The summed E-state index contributed by atoms with van der Waals surface area (Å²) in [4.78, 5) is 20.3. The van der Waals surface area contributed by atoms with Crippen LogP contribution >= 0.6 is 0 Å². The fraction of sp³-hybridized carbons (Fsp3) is 0.438. The first kappa shape index (κ1) is 13.9. The third-order valence-electron chi connectivity index (χ3n) is 4.20. The quantitative estimate of drug-likeness (QED) is 0.917. The summed E-state index contributed by atoms with van der Waals surface area (Å²) in [6.07, 6.45) is 0. The molecule has 5 nitrogen and oxygen atoms in total. The van der Waals surface area contributed by atoms with Crippen LogP contribution in [0.4, 0.5) is 0 Å². The first-order chi connectivity index (χ1) is 10.1. The van der Waals surface area contributed by atoms with Crippen LogP contribution in [0.5, 0.6) is 5.75 Å². The molecule has 1 saturated heterocycles. The Morgan fingerprint density at radius 2 is 1.95 bits per heavy atom. The zero-order chi connectivity index (χ0) is 15.0. The third-order valence-corrected chi connectivity index (χ3v) is 4.20. The molecule has 0 radical (unpaired) electrons. The fourth-order valence-corrected chi connectivity index (χ4v) is 2.88. The van der Waals surface area contributed by atoms with E-state index >= 15 is 0 Å². The predicted octanol–water partition coefficient (Wildman–Crippen LogP) is 1.87. The van der Waals surface area contributed by atoms with Crippen LogP contribution in [0.1, 0.15) is 16.1 Å². The minimum absolute atomic E-state index is 0.122. The van der Waals surface area contributed by atoms with E-state index in [2.05, 4.69) is 16.9 Å². The van der Waals surface area contributed by atoms with Gasteiger partial charge in [0.1, 0.15) is 5.75 Å². The number of carbonyl (C=O) groups is 1. The second-order valence-electron chi connectivity index (χ2n) is 5.63. The Bertz CT molecular complexity index is 669. The number of piperazine rings is 1. The summed E-state index contributed by atoms with van der Waals surface area (Å²) in [6.45, 7) is 5.40. The van der Waals surface area contributed by atoms with Crippen molar-refractivity contribution in [3.8, 4) is 5.75 Å². The van der Waals surface area contributed by atoms with Crippen LogP contribution in [-0.4, -0.2) is 61.0 Å². The Balaban J connectivity index is 1.96. The lowest BCUT2D eigenvalue weighted by atomic mass is 10.1. The number of amides is 1. The van der Waals surface area contributed by atoms with Crippen molar-refractivity contribution in [2.75, 3.05) is 40.3 Å². The minimum atomic E-state index is 0.122. The summed E-state index contributed by atoms with van der Waals surface area (Å²) in [5, 5.41) is 0.970. The summed E-state index contributed by atoms with van der Waals surface area (Å²) < 4.78 is 5.24. The highest BCUT2D eigenvalue weighted by molar-refractivity contribution is 6.08. The lowest BCUT2D eigenvalue weighted by molar-refractivity contribution is 0.0665. The van der Waals surface area contributed by atoms with Gasteiger partial charge in [0.25, 0.3) is 5.91 Å². The molecule has 21 heavy (non-hydrogen) atoms. The van der Waals surface area contributed by atoms with Crippen LogP contribution < -0.4 is 4.74 Å². The van der Waals surface area contributed by atoms with Gasteiger partial charge in [0.2, 0.25) is 0 Å². The molecule has 0 spiro atoms. The fourth-order valence-electron chi connectivity index (χ4n) is 2.88. The highest BCUT2D eigenvalue weighted by Crippen LogP contribution is 2.27. The zero-order valence-corrected chi connectivity index (χ0v) is 12.8. The number of benzene rings is 1. The second-order valence-corrected chi connectivity index (χ2v) is 5.63. The van der Waals surface area contributed by atoms with Crippen LogP contribution in [0.25, 0.3) is 10.9 Å². The molecule has 2 aromatic rings. The SMILES string of the molecule is COc1ccc2c(C(=O)N3CCN(C)CC3)c(C)[nH]c2c1. The zero-order valence-electron chi connectivity index (χ0n) is 12.8. The number of nitrogens with zero attached hydrogens (tertiary/aromatic N) is 2. The van der Waals surface area contributed by atoms with Gasteiger partial charge in [-0.1, -0.05) is 0 Å². The number of hydrogen-bond donors (Lipinski definition) is 1. The molecule has 1 aromatic carbocycles. The van der Waals surface area contributed by atoms with Gasteiger partial charge < -0.3 is 19.5 Å². The van der Waals surface area contributed by atoms with Crippen molar-refractivity contribution in [2.24, 2.45) is 0 Å². The lowest BCUT2D eigenvalue weighted by Crippen LogP contribution is -2.47. The molecular formula is C16H21N3O2. The summed E-state index contributed by atoms with van der Waals surface area (Å²) in [5.74, 6) is 0.916. The number of H-pyrrole nitrogens is 1. The normalized spacial score (nSPS) is 16.4. The summed E-state index contributed by atoms with van der Waals surface area (Å²) >= 11 is 0. The van der Waals surface area contributed by atoms with Gasteiger partial charge in [0.15, 0.2) is 0 Å². The van der Waals surface area contributed by atoms with E-state index in [0.717, 1.165) is 54.1 Å². The van der Waals surface area contributed by atoms with Crippen molar-refractivity contribution in [3.63, 3.8) is 0 Å². The number of aromatic nitrogens is 1. The van der Waals surface area contributed by atoms with Gasteiger partial charge in [-0.25, -0.2) is 0 Å². The summed E-state index contributed by atoms with van der Waals surface area (Å²) in [5.41, 5.74) is 2.66. The second kappa shape index (κ2) is 5.41. The van der Waals surface area contributed by atoms with Gasteiger partial charge >= 0.3 is 0 Å². The molecule has 1 fully saturated rings. The van der Waals surface area contributed by atoms with Crippen molar-refractivity contribution in [1.29, 1.82) is 0 Å². The lowest BCUT2D eigenvalue weighted by Gasteiger charge is -2.32. The molecule has 0 aliphatic carbocycles. The first-order valence-corrected chi connectivity index (χ1v) is 7.24. The Labute approximate surface area is 124 Å². The number of aryl methyl sites for hydroxylation is 1. The van der Waals surface area contributed by atoms with E-state index in [1.807, 2.05) is 30.0 Å². The van der Waals surface area contributed by atoms with Gasteiger partial charge in [-0.15, -0.1) is 0 Å². The van der Waals surface area contributed by atoms with Crippen molar-refractivity contribution in [3.05, 3.63) is 29.5 Å². The summed E-state index contributed by atoms with van der Waals surface area (Å²) in [7, 11) is 3.73. The molecule has 1 aliphatic heterocycles. The molecule has 0 unspecified atom stereocenters. The average molecular weight is 287 g/mol. The number of likely N-dealkylation sites (N-methyl/N-ethyl adjacent to an activating group) is 1. The molecule has 1 aromatic heterocycles. The van der Waals surface area contributed by atoms with Gasteiger partial charge in [-0.2, -0.15) is 0 Å². The monoisotopic (exact) mass is 287 g/mol. The number of aromatic amines is 1. The Morgan fingerprint density at radius 1 is 1.24 bits per heavy atom. The molecule has 2 heterocycles. The molecular weight excluding hydrogens is 266 g/mol. The van der Waals surface area contributed by atoms with Crippen LogP contribution in [0, 0.1) is 6.92 Å². The Hall–Kier alpha value is -2.01. The maximum Gasteiger partial charge on any atom is 0.256 e. The van der Waals surface area contributed by atoms with Gasteiger partial charge in [0.05, 0.1) is 18.2 Å². The Kier molecular flexibility index (Phi) is 3.59. The predicted molar refractivity (Wildman–Crippen MR) is 83.0 cm³/mol. The van der Waals surface area contributed by atoms with Gasteiger partial charge in [0, 0.05) is 43.3 Å². The molecule has 112 valence electrons. The molecule has 0 bridgehead atoms. The highest BCUT2D eigenvalue weighted by atomic mass is 16.5. The van der Waals surface area contributed by atoms with Crippen molar-refractivity contribution >= 4 is 16.8 Å². The third kappa shape index (κ3) is 2.49. The molecule has 1 amide bonds. The number of fused-ring (bicyclic) bond motifs is 1. The number of ether oxygens (including phenoxy) is 1. The topological polar surface area (TPSA) is 48.6 Å². The average Bonchev–Trinajstić information content (AvgIpc) is 2.82. The number of carbonyl (C=O) groups excluding carboxylic acids is 1. The van der Waals surface area contributed by atoms with Crippen LogP contribution in [0.3, 0.4) is 0 Å². The minimum Gasteiger partial charge on any atom is -0.497 e. The van der Waals surface area contributed by atoms with Crippen LogP contribution in [0.15, 0.2) is 18.2 Å². The van der Waals surface area contributed by atoms with E-state index in [1.165, 1.54) is 0 Å². The number of nitrogens with one attached hydrogen (secondary N) is 1. The smallest absolute Gasteiger partial charge is 0.256 e. The van der Waals surface area contributed by atoms with Crippen molar-refractivity contribution in [1.82, 2.24) is 14.8 Å². The standard InChI is InChI=1S/C16H21N3O2/c1-11-15(16(20)19-8-6-18(2)7-9-19)13-5-4-12(21-3)10-14(13)17-11/h4-5,10,17H,6-9H2,1-3H3.